The molecule has 5 nitrogen and oxygen atoms in total. The van der Waals surface area contributed by atoms with Crippen molar-refractivity contribution in [1.82, 2.24) is 5.32 Å². The molecule has 1 unspecified atom stereocenters. The van der Waals surface area contributed by atoms with E-state index in [-0.39, 0.29) is 0 Å². The van der Waals surface area contributed by atoms with Crippen LogP contribution in [0, 0.1) is 0 Å². The second-order valence-electron chi connectivity index (χ2n) is 4.42. The molecule has 0 bridgehead atoms. The molecular weight excluding hydrogens is 258 g/mol. The van der Waals surface area contributed by atoms with Crippen molar-refractivity contribution in [3.63, 3.8) is 0 Å². The fourth-order valence-electron chi connectivity index (χ4n) is 1.76. The Bertz CT molecular complexity index is 419. The maximum Gasteiger partial charge on any atom is 0.413 e. The Kier molecular flexibility index (Phi) is 7.17. The van der Waals surface area contributed by atoms with E-state index in [2.05, 4.69) is 17.0 Å². The van der Waals surface area contributed by atoms with Gasteiger partial charge in [0.05, 0.1) is 7.11 Å². The second kappa shape index (κ2) is 8.96. The first-order valence-electron chi connectivity index (χ1n) is 6.78. The number of ether oxygens (including phenoxy) is 2. The molecule has 0 radical (unpaired) electrons. The number of hydrogen-bond donors (Lipinski definition) is 1. The summed E-state index contributed by atoms with van der Waals surface area (Å²) in [7, 11) is 1.30. The van der Waals surface area contributed by atoms with Crippen molar-refractivity contribution in [2.24, 2.45) is 0 Å². The maximum atomic E-state index is 11.7. The van der Waals surface area contributed by atoms with Crippen LogP contribution >= 0.6 is 0 Å². The number of benzene rings is 1. The lowest BCUT2D eigenvalue weighted by Gasteiger charge is -2.16. The van der Waals surface area contributed by atoms with Gasteiger partial charge < -0.3 is 14.8 Å². The zero-order valence-electron chi connectivity index (χ0n) is 11.9. The fourth-order valence-corrected chi connectivity index (χ4v) is 1.76. The number of unbranched alkanes of at least 4 members (excludes halogenated alkanes) is 2. The topological polar surface area (TPSA) is 64.6 Å². The van der Waals surface area contributed by atoms with Crippen molar-refractivity contribution in [3.8, 4) is 5.75 Å². The third-order valence-electron chi connectivity index (χ3n) is 2.83. The molecule has 1 amide bonds. The number of para-hydroxylation sites is 1. The van der Waals surface area contributed by atoms with Crippen LogP contribution in [0.3, 0.4) is 0 Å². The van der Waals surface area contributed by atoms with Gasteiger partial charge in [-0.1, -0.05) is 44.4 Å². The smallest absolute Gasteiger partial charge is 0.413 e. The Balaban J connectivity index is 2.50. The summed E-state index contributed by atoms with van der Waals surface area (Å²) in [6, 6.07) is 8.03. The van der Waals surface area contributed by atoms with Crippen molar-refractivity contribution in [3.05, 3.63) is 30.3 Å². The third kappa shape index (κ3) is 5.73. The Morgan fingerprint density at radius 2 is 1.90 bits per heavy atom. The van der Waals surface area contributed by atoms with Crippen molar-refractivity contribution in [2.45, 2.75) is 38.6 Å². The zero-order chi connectivity index (χ0) is 14.8. The van der Waals surface area contributed by atoms with E-state index in [1.807, 2.05) is 6.07 Å². The second-order valence-corrected chi connectivity index (χ2v) is 4.42. The van der Waals surface area contributed by atoms with Crippen LogP contribution in [0.1, 0.15) is 32.6 Å². The highest BCUT2D eigenvalue weighted by molar-refractivity contribution is 5.81. The summed E-state index contributed by atoms with van der Waals surface area (Å²) in [5.74, 6) is -0.0201. The highest BCUT2D eigenvalue weighted by Gasteiger charge is 2.21. The van der Waals surface area contributed by atoms with Crippen LogP contribution in [0.25, 0.3) is 0 Å². The van der Waals surface area contributed by atoms with Crippen LogP contribution in [-0.2, 0) is 9.53 Å². The number of esters is 1. The van der Waals surface area contributed by atoms with Crippen LogP contribution in [0.15, 0.2) is 30.3 Å². The van der Waals surface area contributed by atoms with Gasteiger partial charge in [0.2, 0.25) is 0 Å². The van der Waals surface area contributed by atoms with Gasteiger partial charge in [0, 0.05) is 0 Å². The molecule has 0 saturated heterocycles. The number of rotatable bonds is 7. The summed E-state index contributed by atoms with van der Waals surface area (Å²) in [5.41, 5.74) is 0. The van der Waals surface area contributed by atoms with E-state index in [0.29, 0.717) is 12.2 Å². The van der Waals surface area contributed by atoms with Crippen LogP contribution in [0.5, 0.6) is 5.75 Å². The molecule has 0 fully saturated rings. The number of carbonyl (C=O) groups is 2. The summed E-state index contributed by atoms with van der Waals surface area (Å²) in [6.45, 7) is 2.07. The summed E-state index contributed by atoms with van der Waals surface area (Å²) in [5, 5.41) is 2.54. The largest absolute Gasteiger partial charge is 0.467 e. The summed E-state index contributed by atoms with van der Waals surface area (Å²) < 4.78 is 9.77. The van der Waals surface area contributed by atoms with Crippen molar-refractivity contribution in [1.29, 1.82) is 0 Å². The molecule has 1 atom stereocenters. The van der Waals surface area contributed by atoms with E-state index in [0.717, 1.165) is 19.3 Å². The minimum Gasteiger partial charge on any atom is -0.467 e. The fraction of sp³-hybridized carbons (Fsp3) is 0.467. The van der Waals surface area contributed by atoms with Crippen LogP contribution in [-0.4, -0.2) is 25.2 Å². The molecule has 0 aliphatic rings. The van der Waals surface area contributed by atoms with Gasteiger partial charge in [-0.25, -0.2) is 9.59 Å². The van der Waals surface area contributed by atoms with Gasteiger partial charge in [0.1, 0.15) is 11.8 Å². The number of methoxy groups -OCH3 is 1. The van der Waals surface area contributed by atoms with Crippen LogP contribution in [0.2, 0.25) is 0 Å². The molecular formula is C15H21NO4. The average Bonchev–Trinajstić information content (AvgIpc) is 2.46. The molecule has 0 saturated carbocycles. The van der Waals surface area contributed by atoms with Gasteiger partial charge >= 0.3 is 12.1 Å². The van der Waals surface area contributed by atoms with Gasteiger partial charge in [0.15, 0.2) is 0 Å². The Morgan fingerprint density at radius 1 is 1.20 bits per heavy atom. The van der Waals surface area contributed by atoms with E-state index in [9.17, 15) is 9.59 Å². The van der Waals surface area contributed by atoms with Crippen molar-refractivity contribution in [2.75, 3.05) is 7.11 Å². The lowest BCUT2D eigenvalue weighted by Crippen LogP contribution is -2.42. The SMILES string of the molecule is CCCCCC(NC(=O)Oc1ccccc1)C(=O)OC. The monoisotopic (exact) mass is 279 g/mol. The van der Waals surface area contributed by atoms with Crippen molar-refractivity contribution < 1.29 is 19.1 Å². The molecule has 0 aromatic heterocycles. The molecule has 0 heterocycles. The third-order valence-corrected chi connectivity index (χ3v) is 2.83. The summed E-state index contributed by atoms with van der Waals surface area (Å²) in [6.07, 6.45) is 2.79. The molecule has 1 aromatic rings. The van der Waals surface area contributed by atoms with Gasteiger partial charge in [0.25, 0.3) is 0 Å². The normalized spacial score (nSPS) is 11.5. The minimum atomic E-state index is -0.664. The van der Waals surface area contributed by atoms with Gasteiger partial charge in [-0.3, -0.25) is 0 Å². The molecule has 1 rings (SSSR count). The summed E-state index contributed by atoms with van der Waals surface area (Å²) in [4.78, 5) is 23.3. The highest BCUT2D eigenvalue weighted by atomic mass is 16.6. The first-order valence-corrected chi connectivity index (χ1v) is 6.78. The van der Waals surface area contributed by atoms with Gasteiger partial charge in [-0.05, 0) is 18.6 Å². The molecule has 0 spiro atoms. The molecule has 1 N–H and O–H groups in total. The Morgan fingerprint density at radius 3 is 2.50 bits per heavy atom. The average molecular weight is 279 g/mol. The lowest BCUT2D eigenvalue weighted by molar-refractivity contribution is -0.143. The standard InChI is InChI=1S/C15H21NO4/c1-3-4-6-11-13(14(17)19-2)16-15(18)20-12-9-7-5-8-10-12/h5,7-10,13H,3-4,6,11H2,1-2H3,(H,16,18). The first kappa shape index (κ1) is 16.0. The predicted molar refractivity (Wildman–Crippen MR) is 75.5 cm³/mol. The highest BCUT2D eigenvalue weighted by Crippen LogP contribution is 2.10. The Labute approximate surface area is 119 Å². The molecule has 110 valence electrons. The number of nitrogens with one attached hydrogen (secondary N) is 1. The Hall–Kier alpha value is -2.04. The predicted octanol–water partition coefficient (Wildman–Crippen LogP) is 2.90. The van der Waals surface area contributed by atoms with Gasteiger partial charge in [-0.15, -0.1) is 0 Å². The molecule has 0 aliphatic carbocycles. The quantitative estimate of drug-likeness (QED) is 0.615. The van der Waals surface area contributed by atoms with Crippen LogP contribution < -0.4 is 10.1 Å². The molecule has 5 heteroatoms. The molecule has 1 aromatic carbocycles. The van der Waals surface area contributed by atoms with E-state index < -0.39 is 18.1 Å². The first-order chi connectivity index (χ1) is 9.67. The summed E-state index contributed by atoms with van der Waals surface area (Å²) >= 11 is 0. The van der Waals surface area contributed by atoms with E-state index in [1.165, 1.54) is 7.11 Å². The number of carbonyl (C=O) groups excluding carboxylic acids is 2. The zero-order valence-corrected chi connectivity index (χ0v) is 11.9. The van der Waals surface area contributed by atoms with Crippen molar-refractivity contribution >= 4 is 12.1 Å². The maximum absolute atomic E-state index is 11.7. The number of hydrogen-bond acceptors (Lipinski definition) is 4. The molecule has 0 aliphatic heterocycles. The van der Waals surface area contributed by atoms with E-state index in [1.54, 1.807) is 24.3 Å². The number of amides is 1. The van der Waals surface area contributed by atoms with E-state index >= 15 is 0 Å². The molecule has 20 heavy (non-hydrogen) atoms. The van der Waals surface area contributed by atoms with Crippen LogP contribution in [0.4, 0.5) is 4.79 Å². The van der Waals surface area contributed by atoms with E-state index in [4.69, 9.17) is 4.74 Å². The minimum absolute atomic E-state index is 0.433. The van der Waals surface area contributed by atoms with Gasteiger partial charge in [-0.2, -0.15) is 0 Å². The lowest BCUT2D eigenvalue weighted by atomic mass is 10.1.